The SMILES string of the molecule is Cc1cc(N2CCC[C@@H](NS(=O)(=O)c3cnn(C(C)C)c3)C2=O)n(C)n1. The van der Waals surface area contributed by atoms with E-state index in [1.165, 1.54) is 12.4 Å². The summed E-state index contributed by atoms with van der Waals surface area (Å²) in [6, 6.07) is 1.08. The van der Waals surface area contributed by atoms with Crippen molar-refractivity contribution in [2.45, 2.75) is 50.6 Å². The number of aryl methyl sites for hydroxylation is 2. The summed E-state index contributed by atoms with van der Waals surface area (Å²) in [4.78, 5) is 14.5. The molecule has 0 radical (unpaired) electrons. The molecule has 3 heterocycles. The number of sulfonamides is 1. The Morgan fingerprint density at radius 3 is 2.65 bits per heavy atom. The van der Waals surface area contributed by atoms with Crippen molar-refractivity contribution >= 4 is 21.7 Å². The number of hydrogen-bond donors (Lipinski definition) is 1. The largest absolute Gasteiger partial charge is 0.296 e. The maximum absolute atomic E-state index is 12.8. The Morgan fingerprint density at radius 2 is 2.08 bits per heavy atom. The van der Waals surface area contributed by atoms with E-state index in [2.05, 4.69) is 14.9 Å². The predicted octanol–water partition coefficient (Wildman–Crippen LogP) is 0.980. The van der Waals surface area contributed by atoms with E-state index in [-0.39, 0.29) is 16.8 Å². The number of piperidine rings is 1. The average Bonchev–Trinajstić information content (AvgIpc) is 3.17. The number of nitrogens with one attached hydrogen (secondary N) is 1. The lowest BCUT2D eigenvalue weighted by Gasteiger charge is -2.32. The zero-order chi connectivity index (χ0) is 19.1. The molecule has 1 aliphatic rings. The second-order valence-electron chi connectivity index (χ2n) is 6.82. The van der Waals surface area contributed by atoms with Gasteiger partial charge in [-0.05, 0) is 33.6 Å². The van der Waals surface area contributed by atoms with Crippen LogP contribution in [-0.4, -0.2) is 46.5 Å². The van der Waals surface area contributed by atoms with E-state index < -0.39 is 16.1 Å². The van der Waals surface area contributed by atoms with Gasteiger partial charge in [0.15, 0.2) is 0 Å². The van der Waals surface area contributed by atoms with Gasteiger partial charge in [0, 0.05) is 31.9 Å². The summed E-state index contributed by atoms with van der Waals surface area (Å²) >= 11 is 0. The number of nitrogens with zero attached hydrogens (tertiary/aromatic N) is 5. The number of aromatic nitrogens is 4. The summed E-state index contributed by atoms with van der Waals surface area (Å²) < 4.78 is 31.0. The van der Waals surface area contributed by atoms with E-state index in [0.29, 0.717) is 25.2 Å². The van der Waals surface area contributed by atoms with Crippen LogP contribution in [0.3, 0.4) is 0 Å². The normalized spacial score (nSPS) is 18.7. The van der Waals surface area contributed by atoms with Gasteiger partial charge in [-0.3, -0.25) is 19.1 Å². The van der Waals surface area contributed by atoms with Crippen LogP contribution in [0.1, 0.15) is 38.4 Å². The summed E-state index contributed by atoms with van der Waals surface area (Å²) in [5.41, 5.74) is 0.805. The van der Waals surface area contributed by atoms with Gasteiger partial charge in [0.2, 0.25) is 15.9 Å². The van der Waals surface area contributed by atoms with Gasteiger partial charge in [0.25, 0.3) is 0 Å². The van der Waals surface area contributed by atoms with Crippen molar-refractivity contribution in [2.75, 3.05) is 11.4 Å². The number of hydrogen-bond acceptors (Lipinski definition) is 5. The molecule has 0 aromatic carbocycles. The fourth-order valence-electron chi connectivity index (χ4n) is 3.06. The highest BCUT2D eigenvalue weighted by Gasteiger charge is 2.34. The molecule has 1 amide bonds. The molecule has 1 fully saturated rings. The molecule has 0 saturated carbocycles. The second-order valence-corrected chi connectivity index (χ2v) is 8.54. The monoisotopic (exact) mass is 380 g/mol. The molecule has 10 heteroatoms. The van der Waals surface area contributed by atoms with Crippen LogP contribution >= 0.6 is 0 Å². The van der Waals surface area contributed by atoms with Gasteiger partial charge in [0.05, 0.1) is 11.9 Å². The van der Waals surface area contributed by atoms with E-state index in [0.717, 1.165) is 5.69 Å². The van der Waals surface area contributed by atoms with Crippen LogP contribution in [0.25, 0.3) is 0 Å². The van der Waals surface area contributed by atoms with Crippen molar-refractivity contribution in [3.63, 3.8) is 0 Å². The van der Waals surface area contributed by atoms with Crippen LogP contribution in [0, 0.1) is 6.92 Å². The van der Waals surface area contributed by atoms with Crippen LogP contribution in [0.15, 0.2) is 23.4 Å². The Labute approximate surface area is 153 Å². The molecule has 1 saturated heterocycles. The number of carbonyl (C=O) groups excluding carboxylic acids is 1. The summed E-state index contributed by atoms with van der Waals surface area (Å²) in [5.74, 6) is 0.406. The highest BCUT2D eigenvalue weighted by atomic mass is 32.2. The third kappa shape index (κ3) is 3.51. The molecule has 0 aliphatic carbocycles. The number of amides is 1. The smallest absolute Gasteiger partial charge is 0.246 e. The van der Waals surface area contributed by atoms with Crippen molar-refractivity contribution in [1.82, 2.24) is 24.3 Å². The molecular formula is C16H24N6O3S. The summed E-state index contributed by atoms with van der Waals surface area (Å²) in [6.07, 6.45) is 3.94. The van der Waals surface area contributed by atoms with E-state index in [4.69, 9.17) is 0 Å². The quantitative estimate of drug-likeness (QED) is 0.833. The predicted molar refractivity (Wildman–Crippen MR) is 96.3 cm³/mol. The van der Waals surface area contributed by atoms with E-state index in [1.807, 2.05) is 26.8 Å². The molecule has 1 aliphatic heterocycles. The molecule has 2 aromatic heterocycles. The van der Waals surface area contributed by atoms with Gasteiger partial charge < -0.3 is 0 Å². The van der Waals surface area contributed by atoms with Crippen LogP contribution in [0.5, 0.6) is 0 Å². The first-order valence-corrected chi connectivity index (χ1v) is 10.1. The lowest BCUT2D eigenvalue weighted by molar-refractivity contribution is -0.121. The highest BCUT2D eigenvalue weighted by molar-refractivity contribution is 7.89. The van der Waals surface area contributed by atoms with Crippen LogP contribution in [0.2, 0.25) is 0 Å². The number of anilines is 1. The van der Waals surface area contributed by atoms with Gasteiger partial charge in [0.1, 0.15) is 16.8 Å². The molecule has 142 valence electrons. The van der Waals surface area contributed by atoms with Crippen molar-refractivity contribution < 1.29 is 13.2 Å². The fourth-order valence-corrected chi connectivity index (χ4v) is 4.22. The minimum Gasteiger partial charge on any atom is -0.296 e. The van der Waals surface area contributed by atoms with Gasteiger partial charge in [-0.2, -0.15) is 14.9 Å². The van der Waals surface area contributed by atoms with Crippen LogP contribution in [0.4, 0.5) is 5.82 Å². The average molecular weight is 380 g/mol. The first kappa shape index (κ1) is 18.6. The van der Waals surface area contributed by atoms with Gasteiger partial charge in [-0.15, -0.1) is 0 Å². The Bertz CT molecular complexity index is 914. The standard InChI is InChI=1S/C16H24N6O3S/c1-11(2)22-10-13(9-17-22)26(24,25)19-14-6-5-7-21(16(14)23)15-8-12(3)18-20(15)4/h8-11,14,19H,5-7H2,1-4H3/t14-/m1/s1. The Morgan fingerprint density at radius 1 is 1.35 bits per heavy atom. The Kier molecular flexibility index (Phi) is 4.89. The van der Waals surface area contributed by atoms with E-state index >= 15 is 0 Å². The highest BCUT2D eigenvalue weighted by Crippen LogP contribution is 2.23. The summed E-state index contributed by atoms with van der Waals surface area (Å²) in [7, 11) is -2.05. The minimum absolute atomic E-state index is 0.0545. The van der Waals surface area contributed by atoms with Crippen molar-refractivity contribution in [1.29, 1.82) is 0 Å². The molecule has 0 bridgehead atoms. The third-order valence-corrected chi connectivity index (χ3v) is 5.83. The lowest BCUT2D eigenvalue weighted by Crippen LogP contribution is -2.52. The van der Waals surface area contributed by atoms with Crippen molar-refractivity contribution in [2.24, 2.45) is 7.05 Å². The second kappa shape index (κ2) is 6.84. The topological polar surface area (TPSA) is 102 Å². The molecule has 2 aromatic rings. The maximum Gasteiger partial charge on any atom is 0.246 e. The Balaban J connectivity index is 1.80. The molecule has 26 heavy (non-hydrogen) atoms. The third-order valence-electron chi connectivity index (χ3n) is 4.41. The first-order chi connectivity index (χ1) is 12.2. The van der Waals surface area contributed by atoms with Crippen LogP contribution in [-0.2, 0) is 21.9 Å². The zero-order valence-corrected chi connectivity index (χ0v) is 16.2. The lowest BCUT2D eigenvalue weighted by atomic mass is 10.1. The number of carbonyl (C=O) groups is 1. The summed E-state index contributed by atoms with van der Waals surface area (Å²) in [6.45, 7) is 6.22. The van der Waals surface area contributed by atoms with Gasteiger partial charge in [-0.25, -0.2) is 8.42 Å². The molecule has 0 unspecified atom stereocenters. The van der Waals surface area contributed by atoms with Crippen molar-refractivity contribution in [3.05, 3.63) is 24.2 Å². The zero-order valence-electron chi connectivity index (χ0n) is 15.4. The minimum atomic E-state index is -3.82. The fraction of sp³-hybridized carbons (Fsp3) is 0.562. The van der Waals surface area contributed by atoms with Gasteiger partial charge in [-0.1, -0.05) is 0 Å². The van der Waals surface area contributed by atoms with Crippen molar-refractivity contribution in [3.8, 4) is 0 Å². The van der Waals surface area contributed by atoms with Gasteiger partial charge >= 0.3 is 0 Å². The number of rotatable bonds is 5. The molecule has 9 nitrogen and oxygen atoms in total. The van der Waals surface area contributed by atoms with E-state index in [9.17, 15) is 13.2 Å². The molecule has 1 N–H and O–H groups in total. The maximum atomic E-state index is 12.8. The molecular weight excluding hydrogens is 356 g/mol. The molecule has 1 atom stereocenters. The van der Waals surface area contributed by atoms with E-state index in [1.54, 1.807) is 21.3 Å². The Hall–Kier alpha value is -2.20. The summed E-state index contributed by atoms with van der Waals surface area (Å²) in [5, 5.41) is 8.32. The molecule has 0 spiro atoms. The first-order valence-electron chi connectivity index (χ1n) is 8.57. The van der Waals surface area contributed by atoms with Crippen LogP contribution < -0.4 is 9.62 Å². The molecule has 3 rings (SSSR count).